The molecule has 0 N–H and O–H groups in total. The summed E-state index contributed by atoms with van der Waals surface area (Å²) in [5, 5.41) is 0. The number of hydrogen-bond donors (Lipinski definition) is 0. The minimum atomic E-state index is 1.19. The van der Waals surface area contributed by atoms with Gasteiger partial charge in [-0.05, 0) is 50.0 Å². The lowest BCUT2D eigenvalue weighted by molar-refractivity contribution is 0.277. The molecule has 1 nitrogen and oxygen atoms in total. The summed E-state index contributed by atoms with van der Waals surface area (Å²) in [4.78, 5) is 0. The van der Waals surface area contributed by atoms with Crippen LogP contribution in [0.5, 0.6) is 0 Å². The zero-order chi connectivity index (χ0) is 29.1. The third kappa shape index (κ3) is 17.8. The van der Waals surface area contributed by atoms with Gasteiger partial charge in [0.25, 0.3) is 0 Å². The molecule has 0 aliphatic heterocycles. The molecule has 0 saturated carbocycles. The van der Waals surface area contributed by atoms with Crippen molar-refractivity contribution in [2.24, 2.45) is 0 Å². The lowest BCUT2D eigenvalue weighted by atomic mass is 10.1. The van der Waals surface area contributed by atoms with Crippen molar-refractivity contribution in [1.29, 1.82) is 0 Å². The molecule has 0 aliphatic rings. The standard InChI is InChI=1S/2C11H12.2C7H8.C2H6O/c2*1-3-10(4-2)11-8-6-5-7-9-11;2*1-7-5-3-2-4-6-7;1-3-2/h2*3-9H,1H2,2H3;2*2-6H,1H3;1-2H3/b2*10-4+;;;. The minimum absolute atomic E-state index is 1.19. The van der Waals surface area contributed by atoms with E-state index in [4.69, 9.17) is 0 Å². The van der Waals surface area contributed by atoms with Crippen molar-refractivity contribution in [2.75, 3.05) is 14.2 Å². The van der Waals surface area contributed by atoms with Crippen LogP contribution < -0.4 is 0 Å². The Morgan fingerprint density at radius 3 is 0.872 bits per heavy atom. The van der Waals surface area contributed by atoms with Gasteiger partial charge in [-0.1, -0.05) is 170 Å². The average Bonchev–Trinajstić information content (AvgIpc) is 2.98. The van der Waals surface area contributed by atoms with Crippen LogP contribution in [0, 0.1) is 13.8 Å². The third-order valence-corrected chi connectivity index (χ3v) is 5.16. The van der Waals surface area contributed by atoms with E-state index in [9.17, 15) is 0 Å². The second-order valence-corrected chi connectivity index (χ2v) is 8.35. The highest BCUT2D eigenvalue weighted by Crippen LogP contribution is 2.14. The summed E-state index contributed by atoms with van der Waals surface area (Å²) in [6.45, 7) is 15.7. The fourth-order valence-corrected chi connectivity index (χ4v) is 3.13. The van der Waals surface area contributed by atoms with Crippen LogP contribution in [0.15, 0.2) is 159 Å². The molecule has 0 aliphatic carbocycles. The van der Waals surface area contributed by atoms with Crippen molar-refractivity contribution < 1.29 is 4.74 Å². The van der Waals surface area contributed by atoms with Gasteiger partial charge in [-0.15, -0.1) is 0 Å². The monoisotopic (exact) mass is 518 g/mol. The SMILES string of the molecule is C=C/C(=C\C)c1ccccc1.C=C/C(=C\C)c1ccccc1.COC.Cc1ccccc1.Cc1ccccc1. The molecule has 0 saturated heterocycles. The first-order valence-corrected chi connectivity index (χ1v) is 13.1. The Labute approximate surface area is 238 Å². The van der Waals surface area contributed by atoms with Gasteiger partial charge in [0.1, 0.15) is 0 Å². The molecule has 0 heterocycles. The van der Waals surface area contributed by atoms with Crippen LogP contribution in [-0.2, 0) is 4.74 Å². The number of aryl methyl sites for hydroxylation is 2. The predicted octanol–water partition coefficient (Wildman–Crippen LogP) is 10.8. The van der Waals surface area contributed by atoms with Crippen LogP contribution in [0.4, 0.5) is 0 Å². The van der Waals surface area contributed by atoms with E-state index in [1.165, 1.54) is 33.4 Å². The van der Waals surface area contributed by atoms with E-state index in [2.05, 4.69) is 92.4 Å². The Kier molecular flexibility index (Phi) is 21.6. The van der Waals surface area contributed by atoms with Gasteiger partial charge in [-0.2, -0.15) is 0 Å². The summed E-state index contributed by atoms with van der Waals surface area (Å²) in [6.07, 6.45) is 7.86. The number of hydrogen-bond acceptors (Lipinski definition) is 1. The third-order valence-electron chi connectivity index (χ3n) is 5.16. The average molecular weight is 519 g/mol. The van der Waals surface area contributed by atoms with E-state index in [-0.39, 0.29) is 0 Å². The van der Waals surface area contributed by atoms with Gasteiger partial charge in [0.15, 0.2) is 0 Å². The van der Waals surface area contributed by atoms with Crippen molar-refractivity contribution in [3.05, 3.63) is 181 Å². The molecule has 39 heavy (non-hydrogen) atoms. The van der Waals surface area contributed by atoms with E-state index >= 15 is 0 Å². The first kappa shape index (κ1) is 34.8. The second kappa shape index (κ2) is 24.2. The molecule has 204 valence electrons. The summed E-state index contributed by atoms with van der Waals surface area (Å²) in [7, 11) is 3.25. The molecular formula is C38H46O. The van der Waals surface area contributed by atoms with Crippen molar-refractivity contribution in [3.63, 3.8) is 0 Å². The number of allylic oxidation sites excluding steroid dienone is 6. The highest BCUT2D eigenvalue weighted by molar-refractivity contribution is 5.73. The van der Waals surface area contributed by atoms with Crippen LogP contribution in [0.25, 0.3) is 11.1 Å². The van der Waals surface area contributed by atoms with E-state index in [0.29, 0.717) is 0 Å². The van der Waals surface area contributed by atoms with E-state index in [1.807, 2.05) is 98.8 Å². The fraction of sp³-hybridized carbons (Fsp3) is 0.158. The zero-order valence-electron chi connectivity index (χ0n) is 24.7. The largest absolute Gasteiger partial charge is 0.388 e. The first-order valence-electron chi connectivity index (χ1n) is 13.1. The Morgan fingerprint density at radius 1 is 0.487 bits per heavy atom. The maximum Gasteiger partial charge on any atom is 0.0351 e. The molecule has 0 atom stereocenters. The topological polar surface area (TPSA) is 9.23 Å². The van der Waals surface area contributed by atoms with Gasteiger partial charge in [0.2, 0.25) is 0 Å². The van der Waals surface area contributed by atoms with Crippen LogP contribution in [0.3, 0.4) is 0 Å². The molecule has 0 unspecified atom stereocenters. The molecule has 0 spiro atoms. The Morgan fingerprint density at radius 2 is 0.718 bits per heavy atom. The van der Waals surface area contributed by atoms with Crippen LogP contribution in [-0.4, -0.2) is 14.2 Å². The van der Waals surface area contributed by atoms with E-state index < -0.39 is 0 Å². The van der Waals surface area contributed by atoms with Gasteiger partial charge in [0.05, 0.1) is 0 Å². The smallest absolute Gasteiger partial charge is 0.0351 e. The normalized spacial score (nSPS) is 9.90. The predicted molar refractivity (Wildman–Crippen MR) is 176 cm³/mol. The van der Waals surface area contributed by atoms with Crippen LogP contribution in [0.2, 0.25) is 0 Å². The van der Waals surface area contributed by atoms with Crippen molar-refractivity contribution in [1.82, 2.24) is 0 Å². The van der Waals surface area contributed by atoms with Gasteiger partial charge >= 0.3 is 0 Å². The summed E-state index contributed by atoms with van der Waals surface area (Å²) < 4.78 is 4.25. The van der Waals surface area contributed by atoms with E-state index in [1.54, 1.807) is 14.2 Å². The fourth-order valence-electron chi connectivity index (χ4n) is 3.13. The highest BCUT2D eigenvalue weighted by atomic mass is 16.4. The molecule has 0 aromatic heterocycles. The minimum Gasteiger partial charge on any atom is -0.388 e. The summed E-state index contributed by atoms with van der Waals surface area (Å²) in [5.74, 6) is 0. The molecular weight excluding hydrogens is 472 g/mol. The van der Waals surface area contributed by atoms with Crippen LogP contribution >= 0.6 is 0 Å². The second-order valence-electron chi connectivity index (χ2n) is 8.35. The number of rotatable bonds is 4. The van der Waals surface area contributed by atoms with Gasteiger partial charge in [-0.25, -0.2) is 0 Å². The molecule has 4 rings (SSSR count). The Balaban J connectivity index is 0.000000486. The first-order chi connectivity index (χ1) is 19.0. The van der Waals surface area contributed by atoms with Gasteiger partial charge < -0.3 is 4.74 Å². The Bertz CT molecular complexity index is 1080. The quantitative estimate of drug-likeness (QED) is 0.244. The van der Waals surface area contributed by atoms with Crippen molar-refractivity contribution in [3.8, 4) is 0 Å². The number of benzene rings is 4. The summed E-state index contributed by atoms with van der Waals surface area (Å²) in [5.41, 5.74) is 7.47. The van der Waals surface area contributed by atoms with Crippen molar-refractivity contribution >= 4 is 11.1 Å². The molecule has 0 bridgehead atoms. The maximum absolute atomic E-state index is 4.25. The molecule has 0 radical (unpaired) electrons. The zero-order valence-corrected chi connectivity index (χ0v) is 24.7. The molecule has 4 aromatic carbocycles. The number of methoxy groups -OCH3 is 1. The molecule has 4 aromatic rings. The van der Waals surface area contributed by atoms with Crippen molar-refractivity contribution in [2.45, 2.75) is 27.7 Å². The molecule has 0 fully saturated rings. The summed E-state index contributed by atoms with van der Waals surface area (Å²) in [6, 6.07) is 41.0. The van der Waals surface area contributed by atoms with Gasteiger partial charge in [-0.3, -0.25) is 0 Å². The van der Waals surface area contributed by atoms with Crippen LogP contribution in [0.1, 0.15) is 36.1 Å². The highest BCUT2D eigenvalue weighted by Gasteiger charge is 1.92. The van der Waals surface area contributed by atoms with Gasteiger partial charge in [0, 0.05) is 14.2 Å². The molecule has 0 amide bonds. The maximum atomic E-state index is 4.25. The lowest BCUT2D eigenvalue weighted by Crippen LogP contribution is -1.76. The lowest BCUT2D eigenvalue weighted by Gasteiger charge is -1.98. The molecule has 1 heteroatoms. The number of ether oxygens (including phenoxy) is 1. The summed E-state index contributed by atoms with van der Waals surface area (Å²) >= 11 is 0. The Hall–Kier alpha value is -4.20. The van der Waals surface area contributed by atoms with E-state index in [0.717, 1.165) is 0 Å².